The van der Waals surface area contributed by atoms with Crippen molar-refractivity contribution in [1.29, 1.82) is 0 Å². The fourth-order valence-corrected chi connectivity index (χ4v) is 4.17. The summed E-state index contributed by atoms with van der Waals surface area (Å²) in [4.78, 5) is 14.8. The van der Waals surface area contributed by atoms with E-state index in [0.717, 1.165) is 6.54 Å². The van der Waals surface area contributed by atoms with Crippen molar-refractivity contribution in [2.24, 2.45) is 5.92 Å². The van der Waals surface area contributed by atoms with Gasteiger partial charge >= 0.3 is 5.97 Å². The molecule has 128 valence electrons. The predicted octanol–water partition coefficient (Wildman–Crippen LogP) is -0.205. The SMILES string of the molecule is CN(C)CCS(=O)(=O)NC1CC(N(CC(=O)O)CC2CC2)C1. The average Bonchev–Trinajstić information content (AvgIpc) is 3.13. The van der Waals surface area contributed by atoms with Crippen LogP contribution in [0, 0.1) is 5.92 Å². The fraction of sp³-hybridized carbons (Fsp3) is 0.929. The van der Waals surface area contributed by atoms with Crippen molar-refractivity contribution in [1.82, 2.24) is 14.5 Å². The Hall–Kier alpha value is -0.700. The van der Waals surface area contributed by atoms with Gasteiger partial charge in [0.05, 0.1) is 12.3 Å². The number of carboxylic acid groups (broad SMARTS) is 1. The standard InChI is InChI=1S/C14H27N3O4S/c1-16(2)5-6-22(20,21)15-12-7-13(8-12)17(10-14(18)19)9-11-3-4-11/h11-13,15H,3-10H2,1-2H3,(H,18,19). The number of sulfonamides is 1. The summed E-state index contributed by atoms with van der Waals surface area (Å²) in [5, 5.41) is 9.00. The highest BCUT2D eigenvalue weighted by atomic mass is 32.2. The van der Waals surface area contributed by atoms with Crippen LogP contribution in [0.15, 0.2) is 0 Å². The normalized spacial score (nSPS) is 25.5. The molecule has 0 aromatic carbocycles. The minimum atomic E-state index is -3.25. The monoisotopic (exact) mass is 333 g/mol. The van der Waals surface area contributed by atoms with Crippen molar-refractivity contribution in [3.05, 3.63) is 0 Å². The van der Waals surface area contributed by atoms with Crippen molar-refractivity contribution in [3.63, 3.8) is 0 Å². The molecule has 0 spiro atoms. The molecule has 0 aromatic heterocycles. The number of hydrogen-bond acceptors (Lipinski definition) is 5. The van der Waals surface area contributed by atoms with Gasteiger partial charge in [0.2, 0.25) is 10.0 Å². The quantitative estimate of drug-likeness (QED) is 0.575. The highest BCUT2D eigenvalue weighted by molar-refractivity contribution is 7.89. The number of carbonyl (C=O) groups is 1. The average molecular weight is 333 g/mol. The Labute approximate surface area is 132 Å². The lowest BCUT2D eigenvalue weighted by Crippen LogP contribution is -2.55. The van der Waals surface area contributed by atoms with Crippen LogP contribution in [-0.2, 0) is 14.8 Å². The van der Waals surface area contributed by atoms with E-state index in [-0.39, 0.29) is 24.4 Å². The van der Waals surface area contributed by atoms with Crippen molar-refractivity contribution in [3.8, 4) is 0 Å². The lowest BCUT2D eigenvalue weighted by molar-refractivity contribution is -0.139. The Morgan fingerprint density at radius 2 is 1.91 bits per heavy atom. The predicted molar refractivity (Wildman–Crippen MR) is 84.2 cm³/mol. The molecule has 2 aliphatic carbocycles. The van der Waals surface area contributed by atoms with Gasteiger partial charge in [-0.2, -0.15) is 0 Å². The highest BCUT2D eigenvalue weighted by Gasteiger charge is 2.38. The molecule has 2 fully saturated rings. The van der Waals surface area contributed by atoms with Gasteiger partial charge in [-0.15, -0.1) is 0 Å². The zero-order valence-corrected chi connectivity index (χ0v) is 14.2. The molecule has 0 atom stereocenters. The number of aliphatic carboxylic acids is 1. The summed E-state index contributed by atoms with van der Waals surface area (Å²) in [5.41, 5.74) is 0. The largest absolute Gasteiger partial charge is 0.480 e. The summed E-state index contributed by atoms with van der Waals surface area (Å²) in [6, 6.07) is 0.144. The molecule has 2 aliphatic rings. The lowest BCUT2D eigenvalue weighted by Gasteiger charge is -2.42. The maximum absolute atomic E-state index is 11.9. The maximum atomic E-state index is 11.9. The topological polar surface area (TPSA) is 90.0 Å². The molecule has 0 radical (unpaired) electrons. The van der Waals surface area contributed by atoms with Crippen LogP contribution in [0.4, 0.5) is 0 Å². The van der Waals surface area contributed by atoms with Gasteiger partial charge in [0, 0.05) is 25.2 Å². The molecule has 7 nitrogen and oxygen atoms in total. The number of carboxylic acids is 1. The van der Waals surface area contributed by atoms with Gasteiger partial charge in [-0.1, -0.05) is 0 Å². The number of rotatable bonds is 10. The van der Waals surface area contributed by atoms with Crippen molar-refractivity contribution in [2.75, 3.05) is 39.5 Å². The molecule has 0 aliphatic heterocycles. The van der Waals surface area contributed by atoms with Gasteiger partial charge in [-0.3, -0.25) is 9.69 Å². The second kappa shape index (κ2) is 7.25. The molecule has 0 heterocycles. The summed E-state index contributed by atoms with van der Waals surface area (Å²) in [6.07, 6.45) is 3.79. The van der Waals surface area contributed by atoms with E-state index < -0.39 is 16.0 Å². The second-order valence-corrected chi connectivity index (χ2v) is 8.70. The summed E-state index contributed by atoms with van der Waals surface area (Å²) in [6.45, 7) is 1.39. The number of hydrogen-bond donors (Lipinski definition) is 2. The van der Waals surface area contributed by atoms with Crippen LogP contribution >= 0.6 is 0 Å². The Morgan fingerprint density at radius 1 is 1.27 bits per heavy atom. The first-order valence-corrected chi connectivity index (χ1v) is 9.51. The molecule has 8 heteroatoms. The van der Waals surface area contributed by atoms with Crippen LogP contribution in [0.1, 0.15) is 25.7 Å². The minimum Gasteiger partial charge on any atom is -0.480 e. The third kappa shape index (κ3) is 5.83. The highest BCUT2D eigenvalue weighted by Crippen LogP contribution is 2.33. The van der Waals surface area contributed by atoms with Crippen LogP contribution in [0.25, 0.3) is 0 Å². The third-order valence-corrected chi connectivity index (χ3v) is 5.72. The van der Waals surface area contributed by atoms with E-state index in [1.54, 1.807) is 0 Å². The van der Waals surface area contributed by atoms with Gasteiger partial charge in [0.25, 0.3) is 0 Å². The number of nitrogens with zero attached hydrogens (tertiary/aromatic N) is 2. The Bertz CT molecular complexity index is 484. The number of nitrogens with one attached hydrogen (secondary N) is 1. The van der Waals surface area contributed by atoms with E-state index >= 15 is 0 Å². The summed E-state index contributed by atoms with van der Waals surface area (Å²) < 4.78 is 26.6. The molecule has 0 amide bonds. The molecule has 2 saturated carbocycles. The third-order valence-electron chi connectivity index (χ3n) is 4.31. The molecule has 0 aromatic rings. The van der Waals surface area contributed by atoms with Gasteiger partial charge in [-0.25, -0.2) is 13.1 Å². The molecule has 0 bridgehead atoms. The van der Waals surface area contributed by atoms with Gasteiger partial charge in [0.15, 0.2) is 0 Å². The van der Waals surface area contributed by atoms with E-state index in [2.05, 4.69) is 4.72 Å². The molecule has 2 rings (SSSR count). The Morgan fingerprint density at radius 3 is 2.41 bits per heavy atom. The van der Waals surface area contributed by atoms with Crippen molar-refractivity contribution >= 4 is 16.0 Å². The molecular formula is C14H27N3O4S. The first kappa shape index (κ1) is 17.7. The van der Waals surface area contributed by atoms with Crippen LogP contribution in [-0.4, -0.2) is 80.9 Å². The van der Waals surface area contributed by atoms with Crippen LogP contribution in [0.5, 0.6) is 0 Å². The Kier molecular flexibility index (Phi) is 5.81. The second-order valence-electron chi connectivity index (χ2n) is 6.83. The van der Waals surface area contributed by atoms with Gasteiger partial charge < -0.3 is 10.0 Å². The van der Waals surface area contributed by atoms with Crippen molar-refractivity contribution < 1.29 is 18.3 Å². The van der Waals surface area contributed by atoms with E-state index in [1.165, 1.54) is 12.8 Å². The van der Waals surface area contributed by atoms with Gasteiger partial charge in [0.1, 0.15) is 0 Å². The van der Waals surface area contributed by atoms with E-state index in [9.17, 15) is 13.2 Å². The molecular weight excluding hydrogens is 306 g/mol. The van der Waals surface area contributed by atoms with E-state index in [0.29, 0.717) is 25.3 Å². The fourth-order valence-electron chi connectivity index (χ4n) is 2.75. The summed E-state index contributed by atoms with van der Waals surface area (Å²) in [5.74, 6) is -0.0759. The summed E-state index contributed by atoms with van der Waals surface area (Å²) >= 11 is 0. The molecule has 2 N–H and O–H groups in total. The molecule has 22 heavy (non-hydrogen) atoms. The summed E-state index contributed by atoms with van der Waals surface area (Å²) in [7, 11) is 0.441. The molecule has 0 unspecified atom stereocenters. The first-order valence-electron chi connectivity index (χ1n) is 7.86. The lowest BCUT2D eigenvalue weighted by atomic mass is 9.86. The van der Waals surface area contributed by atoms with E-state index in [4.69, 9.17) is 5.11 Å². The molecule has 0 saturated heterocycles. The smallest absolute Gasteiger partial charge is 0.317 e. The Balaban J connectivity index is 1.75. The zero-order valence-electron chi connectivity index (χ0n) is 13.4. The zero-order chi connectivity index (χ0) is 16.3. The van der Waals surface area contributed by atoms with Crippen LogP contribution in [0.2, 0.25) is 0 Å². The van der Waals surface area contributed by atoms with Gasteiger partial charge in [-0.05, 0) is 45.7 Å². The van der Waals surface area contributed by atoms with Crippen LogP contribution in [0.3, 0.4) is 0 Å². The van der Waals surface area contributed by atoms with Crippen molar-refractivity contribution in [2.45, 2.75) is 37.8 Å². The first-order chi connectivity index (χ1) is 10.2. The van der Waals surface area contributed by atoms with E-state index in [1.807, 2.05) is 23.9 Å². The maximum Gasteiger partial charge on any atom is 0.317 e. The van der Waals surface area contributed by atoms with Crippen LogP contribution < -0.4 is 4.72 Å². The minimum absolute atomic E-state index is 0.0485.